The van der Waals surface area contributed by atoms with Crippen LogP contribution in [-0.2, 0) is 11.3 Å². The van der Waals surface area contributed by atoms with E-state index in [1.807, 2.05) is 12.1 Å². The van der Waals surface area contributed by atoms with Gasteiger partial charge in [-0.25, -0.2) is 0 Å². The Morgan fingerprint density at radius 1 is 1.44 bits per heavy atom. The van der Waals surface area contributed by atoms with Crippen LogP contribution in [0.25, 0.3) is 0 Å². The molecule has 0 radical (unpaired) electrons. The number of likely N-dealkylation sites (tertiary alicyclic amines) is 1. The summed E-state index contributed by atoms with van der Waals surface area (Å²) in [6.07, 6.45) is 1.97. The van der Waals surface area contributed by atoms with Crippen molar-refractivity contribution in [3.8, 4) is 5.75 Å². The normalized spacial score (nSPS) is 20.6. The Kier molecular flexibility index (Phi) is 4.20. The SMILES string of the molecule is COc1ccc(CN2CCC[C@H](C(N)=O)C2)cc1. The van der Waals surface area contributed by atoms with Crippen molar-refractivity contribution in [3.05, 3.63) is 29.8 Å². The second-order valence-electron chi connectivity index (χ2n) is 4.82. The van der Waals surface area contributed by atoms with E-state index in [9.17, 15) is 4.79 Å². The first-order valence-corrected chi connectivity index (χ1v) is 6.33. The van der Waals surface area contributed by atoms with Crippen molar-refractivity contribution in [2.24, 2.45) is 11.7 Å². The molecule has 1 heterocycles. The zero-order valence-corrected chi connectivity index (χ0v) is 10.8. The Bertz CT molecular complexity index is 403. The lowest BCUT2D eigenvalue weighted by Gasteiger charge is -2.31. The van der Waals surface area contributed by atoms with E-state index in [0.717, 1.165) is 38.2 Å². The summed E-state index contributed by atoms with van der Waals surface area (Å²) in [5.74, 6) is 0.707. The molecule has 2 rings (SSSR count). The van der Waals surface area contributed by atoms with Crippen LogP contribution in [0.1, 0.15) is 18.4 Å². The quantitative estimate of drug-likeness (QED) is 0.876. The van der Waals surface area contributed by atoms with Crippen LogP contribution in [0.4, 0.5) is 0 Å². The predicted molar refractivity (Wildman–Crippen MR) is 70.2 cm³/mol. The lowest BCUT2D eigenvalue weighted by molar-refractivity contribution is -0.123. The minimum atomic E-state index is -0.172. The fourth-order valence-electron chi connectivity index (χ4n) is 2.42. The fourth-order valence-corrected chi connectivity index (χ4v) is 2.42. The average Bonchev–Trinajstić information content (AvgIpc) is 2.40. The number of rotatable bonds is 4. The molecule has 1 atom stereocenters. The summed E-state index contributed by atoms with van der Waals surface area (Å²) in [6.45, 7) is 2.69. The van der Waals surface area contributed by atoms with Gasteiger partial charge < -0.3 is 10.5 Å². The third-order valence-corrected chi connectivity index (χ3v) is 3.47. The highest BCUT2D eigenvalue weighted by molar-refractivity contribution is 5.76. The molecule has 0 unspecified atom stereocenters. The Morgan fingerprint density at radius 3 is 2.78 bits per heavy atom. The third-order valence-electron chi connectivity index (χ3n) is 3.47. The summed E-state index contributed by atoms with van der Waals surface area (Å²) in [6, 6.07) is 8.05. The molecule has 1 saturated heterocycles. The summed E-state index contributed by atoms with van der Waals surface area (Å²) < 4.78 is 5.13. The van der Waals surface area contributed by atoms with Gasteiger partial charge in [0.1, 0.15) is 5.75 Å². The molecule has 2 N–H and O–H groups in total. The van der Waals surface area contributed by atoms with Crippen molar-refractivity contribution >= 4 is 5.91 Å². The Morgan fingerprint density at radius 2 is 2.17 bits per heavy atom. The zero-order valence-electron chi connectivity index (χ0n) is 10.8. The van der Waals surface area contributed by atoms with Crippen molar-refractivity contribution < 1.29 is 9.53 Å². The molecule has 4 nitrogen and oxygen atoms in total. The highest BCUT2D eigenvalue weighted by Gasteiger charge is 2.23. The van der Waals surface area contributed by atoms with Gasteiger partial charge in [-0.05, 0) is 37.1 Å². The molecule has 0 bridgehead atoms. The van der Waals surface area contributed by atoms with Crippen molar-refractivity contribution in [2.45, 2.75) is 19.4 Å². The third kappa shape index (κ3) is 3.23. The molecule has 0 aromatic heterocycles. The number of ether oxygens (including phenoxy) is 1. The van der Waals surface area contributed by atoms with E-state index in [2.05, 4.69) is 17.0 Å². The van der Waals surface area contributed by atoms with Crippen LogP contribution < -0.4 is 10.5 Å². The van der Waals surface area contributed by atoms with Crippen LogP contribution in [0.3, 0.4) is 0 Å². The Balaban J connectivity index is 1.93. The van der Waals surface area contributed by atoms with E-state index in [0.29, 0.717) is 0 Å². The summed E-state index contributed by atoms with van der Waals surface area (Å²) in [7, 11) is 1.66. The first-order valence-electron chi connectivity index (χ1n) is 6.33. The van der Waals surface area contributed by atoms with Crippen LogP contribution >= 0.6 is 0 Å². The van der Waals surface area contributed by atoms with Crippen molar-refractivity contribution in [3.63, 3.8) is 0 Å². The van der Waals surface area contributed by atoms with Crippen LogP contribution in [0.5, 0.6) is 5.75 Å². The maximum Gasteiger partial charge on any atom is 0.221 e. The lowest BCUT2D eigenvalue weighted by Crippen LogP contribution is -2.40. The van der Waals surface area contributed by atoms with Crippen molar-refractivity contribution in [1.29, 1.82) is 0 Å². The van der Waals surface area contributed by atoms with Gasteiger partial charge in [0.15, 0.2) is 0 Å². The number of amides is 1. The van der Waals surface area contributed by atoms with Gasteiger partial charge in [-0.3, -0.25) is 9.69 Å². The number of hydrogen-bond donors (Lipinski definition) is 1. The average molecular weight is 248 g/mol. The van der Waals surface area contributed by atoms with Gasteiger partial charge in [0.05, 0.1) is 13.0 Å². The molecule has 1 aliphatic heterocycles. The van der Waals surface area contributed by atoms with E-state index in [-0.39, 0.29) is 11.8 Å². The maximum absolute atomic E-state index is 11.2. The molecule has 1 aliphatic rings. The molecular weight excluding hydrogens is 228 g/mol. The van der Waals surface area contributed by atoms with E-state index >= 15 is 0 Å². The Hall–Kier alpha value is -1.55. The van der Waals surface area contributed by atoms with Gasteiger partial charge in [-0.15, -0.1) is 0 Å². The van der Waals surface area contributed by atoms with Crippen molar-refractivity contribution in [2.75, 3.05) is 20.2 Å². The monoisotopic (exact) mass is 248 g/mol. The number of piperidine rings is 1. The minimum Gasteiger partial charge on any atom is -0.497 e. The molecule has 18 heavy (non-hydrogen) atoms. The number of methoxy groups -OCH3 is 1. The van der Waals surface area contributed by atoms with E-state index in [4.69, 9.17) is 10.5 Å². The summed E-state index contributed by atoms with van der Waals surface area (Å²) >= 11 is 0. The number of hydrogen-bond acceptors (Lipinski definition) is 3. The molecule has 4 heteroatoms. The molecular formula is C14H20N2O2. The number of carbonyl (C=O) groups is 1. The van der Waals surface area contributed by atoms with Gasteiger partial charge in [0, 0.05) is 13.1 Å². The number of primary amides is 1. The molecule has 1 aromatic rings. The van der Waals surface area contributed by atoms with Gasteiger partial charge in [0.2, 0.25) is 5.91 Å². The topological polar surface area (TPSA) is 55.6 Å². The van der Waals surface area contributed by atoms with E-state index in [1.54, 1.807) is 7.11 Å². The second kappa shape index (κ2) is 5.87. The van der Waals surface area contributed by atoms with Gasteiger partial charge in [0.25, 0.3) is 0 Å². The van der Waals surface area contributed by atoms with Crippen LogP contribution in [0, 0.1) is 5.92 Å². The standard InChI is InChI=1S/C14H20N2O2/c1-18-13-6-4-11(5-7-13)9-16-8-2-3-12(10-16)14(15)17/h4-7,12H,2-3,8-10H2,1H3,(H2,15,17)/t12-/m0/s1. The van der Waals surface area contributed by atoms with Crippen LogP contribution in [-0.4, -0.2) is 31.0 Å². The van der Waals surface area contributed by atoms with Gasteiger partial charge in [-0.2, -0.15) is 0 Å². The molecule has 1 fully saturated rings. The smallest absolute Gasteiger partial charge is 0.221 e. The number of nitrogens with two attached hydrogens (primary N) is 1. The number of benzene rings is 1. The van der Waals surface area contributed by atoms with Crippen molar-refractivity contribution in [1.82, 2.24) is 4.90 Å². The minimum absolute atomic E-state index is 0.0111. The maximum atomic E-state index is 11.2. The largest absolute Gasteiger partial charge is 0.497 e. The summed E-state index contributed by atoms with van der Waals surface area (Å²) in [5, 5.41) is 0. The fraction of sp³-hybridized carbons (Fsp3) is 0.500. The number of nitrogens with zero attached hydrogens (tertiary/aromatic N) is 1. The number of carbonyl (C=O) groups excluding carboxylic acids is 1. The lowest BCUT2D eigenvalue weighted by atomic mass is 9.97. The highest BCUT2D eigenvalue weighted by atomic mass is 16.5. The highest BCUT2D eigenvalue weighted by Crippen LogP contribution is 2.19. The predicted octanol–water partition coefficient (Wildman–Crippen LogP) is 1.39. The molecule has 1 amide bonds. The molecule has 0 saturated carbocycles. The van der Waals surface area contributed by atoms with Gasteiger partial charge >= 0.3 is 0 Å². The Labute approximate surface area is 108 Å². The van der Waals surface area contributed by atoms with E-state index < -0.39 is 0 Å². The first-order chi connectivity index (χ1) is 8.69. The second-order valence-corrected chi connectivity index (χ2v) is 4.82. The van der Waals surface area contributed by atoms with E-state index in [1.165, 1.54) is 5.56 Å². The molecule has 98 valence electrons. The van der Waals surface area contributed by atoms with Crippen LogP contribution in [0.15, 0.2) is 24.3 Å². The van der Waals surface area contributed by atoms with Crippen LogP contribution in [0.2, 0.25) is 0 Å². The molecule has 1 aromatic carbocycles. The summed E-state index contributed by atoms with van der Waals surface area (Å²) in [5.41, 5.74) is 6.62. The van der Waals surface area contributed by atoms with Gasteiger partial charge in [-0.1, -0.05) is 12.1 Å². The molecule has 0 aliphatic carbocycles. The summed E-state index contributed by atoms with van der Waals surface area (Å²) in [4.78, 5) is 13.5. The molecule has 0 spiro atoms. The first kappa shape index (κ1) is 12.9. The zero-order chi connectivity index (χ0) is 13.0.